The molecule has 2 aromatic heterocycles. The Labute approximate surface area is 110 Å². The van der Waals surface area contributed by atoms with Crippen LogP contribution >= 0.6 is 11.5 Å². The third kappa shape index (κ3) is 1.95. The maximum Gasteiger partial charge on any atom is 0.147 e. The van der Waals surface area contributed by atoms with E-state index in [2.05, 4.69) is 28.5 Å². The minimum absolute atomic E-state index is 0.383. The molecule has 5 heteroatoms. The summed E-state index contributed by atoms with van der Waals surface area (Å²) >= 11 is 1.43. The van der Waals surface area contributed by atoms with Crippen molar-refractivity contribution in [2.24, 2.45) is 5.41 Å². The number of hydrogen-bond donors (Lipinski definition) is 2. The summed E-state index contributed by atoms with van der Waals surface area (Å²) in [4.78, 5) is 4.03. The largest absolute Gasteiger partial charge is 0.382 e. The first-order valence-electron chi connectivity index (χ1n) is 6.00. The first kappa shape index (κ1) is 11.5. The predicted molar refractivity (Wildman–Crippen MR) is 75.6 cm³/mol. The molecule has 2 aromatic rings. The van der Waals surface area contributed by atoms with Gasteiger partial charge in [0.2, 0.25) is 0 Å². The second kappa shape index (κ2) is 3.95. The Morgan fingerprint density at radius 2 is 2.06 bits per heavy atom. The molecule has 0 bridgehead atoms. The van der Waals surface area contributed by atoms with Gasteiger partial charge < -0.3 is 11.1 Å². The zero-order valence-corrected chi connectivity index (χ0v) is 11.3. The van der Waals surface area contributed by atoms with Gasteiger partial charge in [0.05, 0.1) is 5.56 Å². The summed E-state index contributed by atoms with van der Waals surface area (Å²) in [5, 5.41) is 4.61. The van der Waals surface area contributed by atoms with Crippen LogP contribution in [0.15, 0.2) is 24.5 Å². The second-order valence-corrected chi connectivity index (χ2v) is 6.17. The van der Waals surface area contributed by atoms with Crippen LogP contribution in [0.4, 0.5) is 10.8 Å². The first-order valence-corrected chi connectivity index (χ1v) is 6.77. The highest BCUT2D eigenvalue weighted by Gasteiger charge is 2.46. The lowest BCUT2D eigenvalue weighted by Crippen LogP contribution is -2.08. The molecule has 0 radical (unpaired) electrons. The lowest BCUT2D eigenvalue weighted by molar-refractivity contribution is 0.631. The van der Waals surface area contributed by atoms with Crippen molar-refractivity contribution in [3.05, 3.63) is 24.5 Å². The van der Waals surface area contributed by atoms with Gasteiger partial charge >= 0.3 is 0 Å². The molecule has 0 spiro atoms. The summed E-state index contributed by atoms with van der Waals surface area (Å²) in [6, 6.07) is 4.45. The summed E-state index contributed by atoms with van der Waals surface area (Å²) in [6.45, 7) is 4.53. The van der Waals surface area contributed by atoms with E-state index in [0.29, 0.717) is 17.3 Å². The molecule has 0 saturated heterocycles. The molecule has 4 nitrogen and oxygen atoms in total. The number of nitrogen functional groups attached to an aromatic ring is 1. The minimum atomic E-state index is 0.383. The number of nitrogens with zero attached hydrogens (tertiary/aromatic N) is 2. The Kier molecular flexibility index (Phi) is 2.52. The van der Waals surface area contributed by atoms with Crippen LogP contribution in [0.2, 0.25) is 0 Å². The molecular weight excluding hydrogens is 244 g/mol. The Balaban J connectivity index is 1.93. The van der Waals surface area contributed by atoms with E-state index in [0.717, 1.165) is 16.1 Å². The van der Waals surface area contributed by atoms with Crippen molar-refractivity contribution in [3.8, 4) is 11.1 Å². The van der Waals surface area contributed by atoms with Crippen molar-refractivity contribution < 1.29 is 0 Å². The van der Waals surface area contributed by atoms with E-state index in [-0.39, 0.29) is 0 Å². The number of rotatable bonds is 3. The van der Waals surface area contributed by atoms with Crippen molar-refractivity contribution in [2.45, 2.75) is 26.3 Å². The smallest absolute Gasteiger partial charge is 0.147 e. The molecule has 1 unspecified atom stereocenters. The van der Waals surface area contributed by atoms with Crippen LogP contribution in [0.3, 0.4) is 0 Å². The van der Waals surface area contributed by atoms with Gasteiger partial charge in [-0.3, -0.25) is 4.98 Å². The number of nitrogens with one attached hydrogen (secondary N) is 1. The molecular formula is C13H16N4S. The Hall–Kier alpha value is -1.62. The fourth-order valence-corrected chi connectivity index (χ4v) is 2.86. The summed E-state index contributed by atoms with van der Waals surface area (Å²) < 4.78 is 4.26. The maximum atomic E-state index is 5.98. The van der Waals surface area contributed by atoms with Gasteiger partial charge in [0.25, 0.3) is 0 Å². The van der Waals surface area contributed by atoms with Crippen molar-refractivity contribution in [1.82, 2.24) is 9.36 Å². The van der Waals surface area contributed by atoms with Crippen LogP contribution in [0.1, 0.15) is 20.3 Å². The molecule has 1 aliphatic rings. The SMILES string of the molecule is CC1(C)CC1Nc1snc(N)c1-c1ccncc1. The highest BCUT2D eigenvalue weighted by Crippen LogP contribution is 2.48. The number of anilines is 2. The molecule has 0 aromatic carbocycles. The van der Waals surface area contributed by atoms with Gasteiger partial charge in [0.15, 0.2) is 0 Å². The zero-order chi connectivity index (χ0) is 12.8. The molecule has 1 saturated carbocycles. The van der Waals surface area contributed by atoms with Gasteiger partial charge in [0, 0.05) is 18.4 Å². The van der Waals surface area contributed by atoms with Crippen LogP contribution in [-0.4, -0.2) is 15.4 Å². The molecule has 0 amide bonds. The fourth-order valence-electron chi connectivity index (χ4n) is 2.07. The normalized spacial score (nSPS) is 20.7. The van der Waals surface area contributed by atoms with Crippen LogP contribution in [0.5, 0.6) is 0 Å². The van der Waals surface area contributed by atoms with E-state index in [9.17, 15) is 0 Å². The fraction of sp³-hybridized carbons (Fsp3) is 0.385. The quantitative estimate of drug-likeness (QED) is 0.890. The van der Waals surface area contributed by atoms with Gasteiger partial charge in [-0.25, -0.2) is 0 Å². The van der Waals surface area contributed by atoms with Gasteiger partial charge in [-0.05, 0) is 41.1 Å². The Bertz CT molecular complexity index is 562. The molecule has 1 aliphatic carbocycles. The van der Waals surface area contributed by atoms with E-state index in [4.69, 9.17) is 5.73 Å². The van der Waals surface area contributed by atoms with E-state index in [1.165, 1.54) is 18.0 Å². The number of nitrogens with two attached hydrogens (primary N) is 1. The maximum absolute atomic E-state index is 5.98. The molecule has 3 rings (SSSR count). The van der Waals surface area contributed by atoms with Gasteiger partial charge in [-0.2, -0.15) is 4.37 Å². The lowest BCUT2D eigenvalue weighted by atomic mass is 10.1. The van der Waals surface area contributed by atoms with E-state index >= 15 is 0 Å². The second-order valence-electron chi connectivity index (χ2n) is 5.40. The van der Waals surface area contributed by atoms with Crippen LogP contribution in [0.25, 0.3) is 11.1 Å². The monoisotopic (exact) mass is 260 g/mol. The summed E-state index contributed by atoms with van der Waals surface area (Å²) in [5.41, 5.74) is 8.43. The average Bonchev–Trinajstić information content (AvgIpc) is 2.78. The van der Waals surface area contributed by atoms with Crippen molar-refractivity contribution in [2.75, 3.05) is 11.1 Å². The third-order valence-electron chi connectivity index (χ3n) is 3.51. The molecule has 94 valence electrons. The van der Waals surface area contributed by atoms with Crippen LogP contribution < -0.4 is 11.1 Å². The Morgan fingerprint density at radius 1 is 1.39 bits per heavy atom. The van der Waals surface area contributed by atoms with E-state index in [1.807, 2.05) is 12.1 Å². The molecule has 1 atom stereocenters. The lowest BCUT2D eigenvalue weighted by Gasteiger charge is -2.08. The molecule has 2 heterocycles. The number of hydrogen-bond acceptors (Lipinski definition) is 5. The van der Waals surface area contributed by atoms with Crippen molar-refractivity contribution >= 4 is 22.4 Å². The highest BCUT2D eigenvalue weighted by molar-refractivity contribution is 7.11. The summed E-state index contributed by atoms with van der Waals surface area (Å²) in [6.07, 6.45) is 4.75. The molecule has 1 fully saturated rings. The van der Waals surface area contributed by atoms with Gasteiger partial charge in [-0.1, -0.05) is 13.8 Å². The average molecular weight is 260 g/mol. The third-order valence-corrected chi connectivity index (χ3v) is 4.30. The summed E-state index contributed by atoms with van der Waals surface area (Å²) in [5.74, 6) is 0.590. The van der Waals surface area contributed by atoms with Crippen LogP contribution in [0, 0.1) is 5.41 Å². The zero-order valence-electron chi connectivity index (χ0n) is 10.5. The first-order chi connectivity index (χ1) is 8.58. The van der Waals surface area contributed by atoms with Crippen molar-refractivity contribution in [3.63, 3.8) is 0 Å². The van der Waals surface area contributed by atoms with Gasteiger partial charge in [-0.15, -0.1) is 0 Å². The van der Waals surface area contributed by atoms with E-state index < -0.39 is 0 Å². The van der Waals surface area contributed by atoms with Gasteiger partial charge in [0.1, 0.15) is 10.8 Å². The molecule has 0 aliphatic heterocycles. The summed E-state index contributed by atoms with van der Waals surface area (Å²) in [7, 11) is 0. The molecule has 3 N–H and O–H groups in total. The number of pyridine rings is 1. The van der Waals surface area contributed by atoms with E-state index in [1.54, 1.807) is 12.4 Å². The highest BCUT2D eigenvalue weighted by atomic mass is 32.1. The molecule has 18 heavy (non-hydrogen) atoms. The minimum Gasteiger partial charge on any atom is -0.382 e. The van der Waals surface area contributed by atoms with Crippen molar-refractivity contribution in [1.29, 1.82) is 0 Å². The Morgan fingerprint density at radius 3 is 2.67 bits per heavy atom. The standard InChI is InChI=1S/C13H16N4S/c1-13(2)7-9(13)16-12-10(11(14)17-18-12)8-3-5-15-6-4-8/h3-6,9,16H,7H2,1-2H3,(H2,14,17). The number of aromatic nitrogens is 2. The predicted octanol–water partition coefficient (Wildman–Crippen LogP) is 3.00. The van der Waals surface area contributed by atoms with Crippen LogP contribution in [-0.2, 0) is 0 Å². The topological polar surface area (TPSA) is 63.8 Å².